The number of hydrogen-bond donors (Lipinski definition) is 0. The molecule has 0 aliphatic rings. The lowest BCUT2D eigenvalue weighted by Crippen LogP contribution is -2.16. The summed E-state index contributed by atoms with van der Waals surface area (Å²) in [6.07, 6.45) is 0. The van der Waals surface area contributed by atoms with Crippen LogP contribution in [0.2, 0.25) is 0 Å². The van der Waals surface area contributed by atoms with Gasteiger partial charge in [-0.2, -0.15) is 0 Å². The summed E-state index contributed by atoms with van der Waals surface area (Å²) in [7, 11) is 0. The van der Waals surface area contributed by atoms with Crippen LogP contribution in [0.3, 0.4) is 0 Å². The number of nitrogens with zero attached hydrogens (tertiary/aromatic N) is 4. The summed E-state index contributed by atoms with van der Waals surface area (Å²) in [4.78, 5) is 4.28. The van der Waals surface area contributed by atoms with Gasteiger partial charge in [0.2, 0.25) is 5.88 Å². The molecular formula is C16H16Br2N4O. The summed E-state index contributed by atoms with van der Waals surface area (Å²) in [5.74, 6) is 1.17. The molecule has 2 aromatic heterocycles. The number of pyridine rings is 1. The quantitative estimate of drug-likeness (QED) is 0.527. The van der Waals surface area contributed by atoms with E-state index in [2.05, 4.69) is 67.9 Å². The third-order valence-corrected chi connectivity index (χ3v) is 4.33. The maximum Gasteiger partial charge on any atom is 0.220 e. The van der Waals surface area contributed by atoms with Crippen molar-refractivity contribution < 1.29 is 4.74 Å². The molecule has 0 amide bonds. The average molecular weight is 440 g/mol. The van der Waals surface area contributed by atoms with Crippen LogP contribution >= 0.6 is 31.9 Å². The van der Waals surface area contributed by atoms with Crippen LogP contribution in [0.15, 0.2) is 39.4 Å². The highest BCUT2D eigenvalue weighted by atomic mass is 79.9. The molecule has 0 saturated carbocycles. The van der Waals surface area contributed by atoms with Crippen molar-refractivity contribution in [1.29, 1.82) is 0 Å². The number of hydrogen-bond acceptors (Lipinski definition) is 4. The molecule has 0 atom stereocenters. The number of fused-ring (bicyclic) bond motifs is 1. The molecule has 0 unspecified atom stereocenters. The standard InChI is InChI=1S/C16H16Br2N4O/c1-16(2,3)9-22-10-7-8-11(14(18)15(10)20-21-22)23-13-6-4-5-12(17)19-13/h4-8H,9H2,1-3H3. The largest absolute Gasteiger partial charge is 0.438 e. The molecule has 0 fully saturated rings. The van der Waals surface area contributed by atoms with Crippen molar-refractivity contribution in [3.8, 4) is 11.6 Å². The molecule has 1 aromatic carbocycles. The minimum Gasteiger partial charge on any atom is -0.438 e. The van der Waals surface area contributed by atoms with Gasteiger partial charge in [0.05, 0.1) is 9.99 Å². The highest BCUT2D eigenvalue weighted by Gasteiger charge is 2.17. The molecule has 3 rings (SSSR count). The molecular weight excluding hydrogens is 424 g/mol. The van der Waals surface area contributed by atoms with Crippen LogP contribution in [0.4, 0.5) is 0 Å². The van der Waals surface area contributed by atoms with Crippen molar-refractivity contribution >= 4 is 42.9 Å². The molecule has 2 heterocycles. The molecule has 0 N–H and O–H groups in total. The fraction of sp³-hybridized carbons (Fsp3) is 0.312. The van der Waals surface area contributed by atoms with Gasteiger partial charge in [-0.05, 0) is 55.5 Å². The first-order valence-electron chi connectivity index (χ1n) is 7.16. The minimum atomic E-state index is 0.127. The number of aromatic nitrogens is 4. The van der Waals surface area contributed by atoms with Gasteiger partial charge in [-0.1, -0.05) is 32.1 Å². The second-order valence-electron chi connectivity index (χ2n) is 6.45. The lowest BCUT2D eigenvalue weighted by atomic mass is 9.97. The van der Waals surface area contributed by atoms with Crippen molar-refractivity contribution in [2.45, 2.75) is 27.3 Å². The third-order valence-electron chi connectivity index (χ3n) is 3.12. The van der Waals surface area contributed by atoms with E-state index in [1.165, 1.54) is 0 Å². The predicted molar refractivity (Wildman–Crippen MR) is 96.7 cm³/mol. The summed E-state index contributed by atoms with van der Waals surface area (Å²) in [5, 5.41) is 8.54. The molecule has 0 radical (unpaired) electrons. The van der Waals surface area contributed by atoms with Gasteiger partial charge in [0, 0.05) is 12.6 Å². The van der Waals surface area contributed by atoms with Gasteiger partial charge in [-0.25, -0.2) is 9.67 Å². The van der Waals surface area contributed by atoms with Gasteiger partial charge in [0.25, 0.3) is 0 Å². The van der Waals surface area contributed by atoms with E-state index in [-0.39, 0.29) is 5.41 Å². The van der Waals surface area contributed by atoms with E-state index in [1.807, 2.05) is 28.9 Å². The van der Waals surface area contributed by atoms with Gasteiger partial charge in [-0.3, -0.25) is 0 Å². The smallest absolute Gasteiger partial charge is 0.220 e. The lowest BCUT2D eigenvalue weighted by molar-refractivity contribution is 0.327. The van der Waals surface area contributed by atoms with Crippen LogP contribution in [0.5, 0.6) is 11.6 Å². The zero-order chi connectivity index (χ0) is 16.6. The van der Waals surface area contributed by atoms with E-state index in [0.717, 1.165) is 26.7 Å². The molecule has 3 aromatic rings. The first-order valence-corrected chi connectivity index (χ1v) is 8.74. The topological polar surface area (TPSA) is 52.8 Å². The summed E-state index contributed by atoms with van der Waals surface area (Å²) < 4.78 is 9.26. The van der Waals surface area contributed by atoms with Crippen LogP contribution in [0.25, 0.3) is 11.0 Å². The van der Waals surface area contributed by atoms with Crippen molar-refractivity contribution in [2.75, 3.05) is 0 Å². The molecule has 5 nitrogen and oxygen atoms in total. The number of rotatable bonds is 3. The highest BCUT2D eigenvalue weighted by Crippen LogP contribution is 2.35. The monoisotopic (exact) mass is 438 g/mol. The normalized spacial score (nSPS) is 11.9. The summed E-state index contributed by atoms with van der Waals surface area (Å²) in [5.41, 5.74) is 1.88. The molecule has 23 heavy (non-hydrogen) atoms. The van der Waals surface area contributed by atoms with Crippen LogP contribution in [0.1, 0.15) is 20.8 Å². The maximum atomic E-state index is 5.84. The Bertz CT molecular complexity index is 855. The zero-order valence-corrected chi connectivity index (χ0v) is 16.2. The fourth-order valence-corrected chi connectivity index (χ4v) is 3.01. The van der Waals surface area contributed by atoms with Crippen molar-refractivity contribution in [3.63, 3.8) is 0 Å². The van der Waals surface area contributed by atoms with Gasteiger partial charge >= 0.3 is 0 Å². The van der Waals surface area contributed by atoms with E-state index in [4.69, 9.17) is 4.74 Å². The first kappa shape index (κ1) is 16.4. The van der Waals surface area contributed by atoms with E-state index in [9.17, 15) is 0 Å². The number of benzene rings is 1. The number of ether oxygens (including phenoxy) is 1. The van der Waals surface area contributed by atoms with Gasteiger partial charge in [0.1, 0.15) is 15.9 Å². The second-order valence-corrected chi connectivity index (χ2v) is 8.06. The minimum absolute atomic E-state index is 0.127. The Balaban J connectivity index is 1.96. The van der Waals surface area contributed by atoms with Crippen LogP contribution in [-0.4, -0.2) is 20.0 Å². The Labute approximate surface area is 151 Å². The molecule has 0 saturated heterocycles. The molecule has 0 aliphatic heterocycles. The number of halogens is 2. The SMILES string of the molecule is CC(C)(C)Cn1nnc2c(Br)c(Oc3cccc(Br)n3)ccc21. The summed E-state index contributed by atoms with van der Waals surface area (Å²) in [6, 6.07) is 9.40. The Morgan fingerprint density at radius 3 is 2.61 bits per heavy atom. The van der Waals surface area contributed by atoms with Crippen LogP contribution in [-0.2, 0) is 6.54 Å². The zero-order valence-electron chi connectivity index (χ0n) is 13.0. The van der Waals surface area contributed by atoms with Gasteiger partial charge < -0.3 is 4.74 Å². The average Bonchev–Trinajstić information content (AvgIpc) is 2.84. The van der Waals surface area contributed by atoms with Crippen molar-refractivity contribution in [3.05, 3.63) is 39.4 Å². The van der Waals surface area contributed by atoms with Crippen molar-refractivity contribution in [2.24, 2.45) is 5.41 Å². The van der Waals surface area contributed by atoms with E-state index in [0.29, 0.717) is 11.6 Å². The molecule has 0 spiro atoms. The van der Waals surface area contributed by atoms with Gasteiger partial charge in [0.15, 0.2) is 0 Å². The molecule has 120 valence electrons. The second kappa shape index (κ2) is 6.20. The van der Waals surface area contributed by atoms with Crippen LogP contribution in [0, 0.1) is 5.41 Å². The van der Waals surface area contributed by atoms with Crippen LogP contribution < -0.4 is 4.74 Å². The Morgan fingerprint density at radius 1 is 1.13 bits per heavy atom. The molecule has 0 bridgehead atoms. The van der Waals surface area contributed by atoms with E-state index in [1.54, 1.807) is 6.07 Å². The van der Waals surface area contributed by atoms with Gasteiger partial charge in [-0.15, -0.1) is 5.10 Å². The lowest BCUT2D eigenvalue weighted by Gasteiger charge is -2.17. The van der Waals surface area contributed by atoms with E-state index < -0.39 is 0 Å². The maximum absolute atomic E-state index is 5.84. The third kappa shape index (κ3) is 3.72. The molecule has 0 aliphatic carbocycles. The Hall–Kier alpha value is -1.47. The Morgan fingerprint density at radius 2 is 1.91 bits per heavy atom. The summed E-state index contributed by atoms with van der Waals surface area (Å²) >= 11 is 6.91. The first-order chi connectivity index (χ1) is 10.8. The van der Waals surface area contributed by atoms with Crippen molar-refractivity contribution in [1.82, 2.24) is 20.0 Å². The highest BCUT2D eigenvalue weighted by molar-refractivity contribution is 9.11. The Kier molecular flexibility index (Phi) is 4.42. The summed E-state index contributed by atoms with van der Waals surface area (Å²) in [6.45, 7) is 7.31. The van der Waals surface area contributed by atoms with E-state index >= 15 is 0 Å². The fourth-order valence-electron chi connectivity index (χ4n) is 2.19. The predicted octanol–water partition coefficient (Wildman–Crippen LogP) is 5.19. The molecule has 7 heteroatoms.